The van der Waals surface area contributed by atoms with Gasteiger partial charge in [0, 0.05) is 36.8 Å². The molecule has 4 rings (SSSR count). The Bertz CT molecular complexity index is 1190. The Hall–Kier alpha value is -3.59. The van der Waals surface area contributed by atoms with E-state index < -0.39 is 0 Å². The fourth-order valence-electron chi connectivity index (χ4n) is 3.09. The second-order valence-electron chi connectivity index (χ2n) is 7.35. The molecule has 0 aliphatic carbocycles. The fraction of sp³-hybridized carbons (Fsp3) is 0.273. The second-order valence-corrected chi connectivity index (χ2v) is 7.76. The molecule has 0 bridgehead atoms. The van der Waals surface area contributed by atoms with Crippen molar-refractivity contribution in [1.82, 2.24) is 30.2 Å². The van der Waals surface area contributed by atoms with Gasteiger partial charge in [0.1, 0.15) is 0 Å². The maximum Gasteiger partial charge on any atom is 0.249 e. The van der Waals surface area contributed by atoms with Crippen molar-refractivity contribution in [2.24, 2.45) is 0 Å². The Balaban J connectivity index is 1.40. The highest BCUT2D eigenvalue weighted by Gasteiger charge is 2.22. The average Bonchev–Trinajstić information content (AvgIpc) is 3.46. The number of halogens is 1. The molecule has 0 radical (unpaired) electrons. The maximum atomic E-state index is 12.9. The van der Waals surface area contributed by atoms with Gasteiger partial charge in [0.2, 0.25) is 29.4 Å². The van der Waals surface area contributed by atoms with Crippen LogP contribution in [0.5, 0.6) is 0 Å². The maximum absolute atomic E-state index is 12.9. The third-order valence-corrected chi connectivity index (χ3v) is 5.09. The molecule has 32 heavy (non-hydrogen) atoms. The number of aryl methyl sites for hydroxylation is 1. The van der Waals surface area contributed by atoms with E-state index in [9.17, 15) is 4.79 Å². The Labute approximate surface area is 189 Å². The van der Waals surface area contributed by atoms with Gasteiger partial charge in [0.05, 0.1) is 17.1 Å². The summed E-state index contributed by atoms with van der Waals surface area (Å²) in [6.07, 6.45) is 3.86. The van der Waals surface area contributed by atoms with E-state index in [4.69, 9.17) is 20.5 Å². The minimum absolute atomic E-state index is 0.0631. The van der Waals surface area contributed by atoms with Crippen molar-refractivity contribution in [2.45, 2.75) is 39.3 Å². The standard InChI is InChI=1S/C22H21ClN6O3/c1-14(2)29(13-19-26-27-22(31-19)16-7-3-4-8-17(16)23)20(30)10-9-18-25-21(28-32-18)15-6-5-11-24-12-15/h3-8,11-12,14H,9-10,13H2,1-2H3. The number of amides is 1. The van der Waals surface area contributed by atoms with Gasteiger partial charge in [-0.3, -0.25) is 9.78 Å². The van der Waals surface area contributed by atoms with E-state index in [0.29, 0.717) is 40.5 Å². The summed E-state index contributed by atoms with van der Waals surface area (Å²) in [6.45, 7) is 4.05. The van der Waals surface area contributed by atoms with Gasteiger partial charge in [-0.15, -0.1) is 10.2 Å². The number of aromatic nitrogens is 5. The van der Waals surface area contributed by atoms with Crippen molar-refractivity contribution >= 4 is 17.5 Å². The first-order valence-corrected chi connectivity index (χ1v) is 10.5. The van der Waals surface area contributed by atoms with Crippen LogP contribution in [-0.2, 0) is 17.8 Å². The number of carbonyl (C=O) groups is 1. The van der Waals surface area contributed by atoms with Crippen LogP contribution in [0.1, 0.15) is 32.0 Å². The Morgan fingerprint density at radius 3 is 2.72 bits per heavy atom. The highest BCUT2D eigenvalue weighted by atomic mass is 35.5. The van der Waals surface area contributed by atoms with Gasteiger partial charge in [0.25, 0.3) is 0 Å². The summed E-state index contributed by atoms with van der Waals surface area (Å²) in [5, 5.41) is 12.6. The number of hydrogen-bond acceptors (Lipinski definition) is 8. The summed E-state index contributed by atoms with van der Waals surface area (Å²) in [4.78, 5) is 22.9. The zero-order chi connectivity index (χ0) is 22.5. The van der Waals surface area contributed by atoms with Crippen LogP contribution in [0, 0.1) is 0 Å². The lowest BCUT2D eigenvalue weighted by Crippen LogP contribution is -2.36. The van der Waals surface area contributed by atoms with Gasteiger partial charge >= 0.3 is 0 Å². The molecule has 0 fully saturated rings. The van der Waals surface area contributed by atoms with Crippen LogP contribution in [0.3, 0.4) is 0 Å². The molecule has 9 nitrogen and oxygen atoms in total. The summed E-state index contributed by atoms with van der Waals surface area (Å²) >= 11 is 6.20. The van der Waals surface area contributed by atoms with Gasteiger partial charge in [-0.2, -0.15) is 4.98 Å². The molecule has 0 saturated heterocycles. The van der Waals surface area contributed by atoms with Crippen LogP contribution in [0.15, 0.2) is 57.7 Å². The van der Waals surface area contributed by atoms with Crippen LogP contribution in [0.25, 0.3) is 22.8 Å². The summed E-state index contributed by atoms with van der Waals surface area (Å²) in [6, 6.07) is 10.8. The first-order valence-electron chi connectivity index (χ1n) is 10.1. The number of nitrogens with zero attached hydrogens (tertiary/aromatic N) is 6. The molecule has 4 aromatic rings. The van der Waals surface area contributed by atoms with Crippen LogP contribution in [-0.4, -0.2) is 42.2 Å². The predicted octanol–water partition coefficient (Wildman–Crippen LogP) is 4.20. The number of rotatable bonds is 8. The number of pyridine rings is 1. The van der Waals surface area contributed by atoms with Crippen LogP contribution < -0.4 is 0 Å². The Kier molecular flexibility index (Phi) is 6.55. The number of benzene rings is 1. The highest BCUT2D eigenvalue weighted by Crippen LogP contribution is 2.26. The molecule has 1 aromatic carbocycles. The van der Waals surface area contributed by atoms with Crippen molar-refractivity contribution in [3.63, 3.8) is 0 Å². The smallest absolute Gasteiger partial charge is 0.249 e. The normalized spacial score (nSPS) is 11.1. The first-order chi connectivity index (χ1) is 15.5. The molecule has 3 heterocycles. The third-order valence-electron chi connectivity index (χ3n) is 4.76. The van der Waals surface area contributed by atoms with Crippen molar-refractivity contribution in [2.75, 3.05) is 0 Å². The third kappa shape index (κ3) is 5.00. The van der Waals surface area contributed by atoms with Crippen LogP contribution in [0.2, 0.25) is 5.02 Å². The molecule has 0 atom stereocenters. The summed E-state index contributed by atoms with van der Waals surface area (Å²) in [7, 11) is 0. The Morgan fingerprint density at radius 2 is 1.97 bits per heavy atom. The molecule has 0 spiro atoms. The lowest BCUT2D eigenvalue weighted by Gasteiger charge is -2.25. The molecule has 0 saturated carbocycles. The van der Waals surface area contributed by atoms with E-state index in [1.807, 2.05) is 32.0 Å². The first kappa shape index (κ1) is 21.6. The van der Waals surface area contributed by atoms with Crippen molar-refractivity contribution in [1.29, 1.82) is 0 Å². The van der Waals surface area contributed by atoms with E-state index in [-0.39, 0.29) is 24.9 Å². The van der Waals surface area contributed by atoms with Crippen molar-refractivity contribution < 1.29 is 13.7 Å². The van der Waals surface area contributed by atoms with Gasteiger partial charge in [-0.05, 0) is 38.1 Å². The second kappa shape index (κ2) is 9.69. The van der Waals surface area contributed by atoms with E-state index in [1.54, 1.807) is 35.5 Å². The van der Waals surface area contributed by atoms with Gasteiger partial charge in [-0.1, -0.05) is 28.9 Å². The number of hydrogen-bond donors (Lipinski definition) is 0. The molecule has 3 aromatic heterocycles. The lowest BCUT2D eigenvalue weighted by molar-refractivity contribution is -0.134. The summed E-state index contributed by atoms with van der Waals surface area (Å²) in [5.74, 6) is 1.40. The number of carbonyl (C=O) groups excluding carboxylic acids is 1. The SMILES string of the molecule is CC(C)N(Cc1nnc(-c2ccccc2Cl)o1)C(=O)CCc1nc(-c2cccnc2)no1. The average molecular weight is 453 g/mol. The predicted molar refractivity (Wildman–Crippen MR) is 116 cm³/mol. The topological polar surface area (TPSA) is 111 Å². The van der Waals surface area contributed by atoms with Gasteiger partial charge in [-0.25, -0.2) is 0 Å². The molecule has 0 N–H and O–H groups in total. The molecule has 0 aliphatic rings. The highest BCUT2D eigenvalue weighted by molar-refractivity contribution is 6.33. The van der Waals surface area contributed by atoms with E-state index >= 15 is 0 Å². The molecule has 0 aliphatic heterocycles. The zero-order valence-electron chi connectivity index (χ0n) is 17.6. The van der Waals surface area contributed by atoms with Gasteiger partial charge < -0.3 is 13.8 Å². The monoisotopic (exact) mass is 452 g/mol. The largest absolute Gasteiger partial charge is 0.419 e. The molecule has 10 heteroatoms. The molecular weight excluding hydrogens is 432 g/mol. The van der Waals surface area contributed by atoms with Gasteiger partial charge in [0.15, 0.2) is 0 Å². The van der Waals surface area contributed by atoms with Crippen molar-refractivity contribution in [3.8, 4) is 22.8 Å². The van der Waals surface area contributed by atoms with E-state index in [1.165, 1.54) is 0 Å². The molecule has 1 amide bonds. The zero-order valence-corrected chi connectivity index (χ0v) is 18.4. The molecule has 164 valence electrons. The quantitative estimate of drug-likeness (QED) is 0.391. The van der Waals surface area contributed by atoms with Crippen LogP contribution in [0.4, 0.5) is 0 Å². The fourth-order valence-corrected chi connectivity index (χ4v) is 3.31. The lowest BCUT2D eigenvalue weighted by atomic mass is 10.2. The minimum Gasteiger partial charge on any atom is -0.419 e. The molecule has 0 unspecified atom stereocenters. The molecular formula is C22H21ClN6O3. The van der Waals surface area contributed by atoms with E-state index in [0.717, 1.165) is 5.56 Å². The Morgan fingerprint density at radius 1 is 1.12 bits per heavy atom. The summed E-state index contributed by atoms with van der Waals surface area (Å²) in [5.41, 5.74) is 1.40. The van der Waals surface area contributed by atoms with Crippen molar-refractivity contribution in [3.05, 3.63) is 65.6 Å². The minimum atomic E-state index is -0.0846. The van der Waals surface area contributed by atoms with Crippen LogP contribution >= 0.6 is 11.6 Å². The summed E-state index contributed by atoms with van der Waals surface area (Å²) < 4.78 is 11.0. The van der Waals surface area contributed by atoms with E-state index in [2.05, 4.69) is 25.3 Å².